The molecular weight excluding hydrogens is 584 g/mol. The zero-order chi connectivity index (χ0) is 33.3. The first kappa shape index (κ1) is 37.6. The van der Waals surface area contributed by atoms with Crippen LogP contribution in [0.25, 0.3) is 0 Å². The van der Waals surface area contributed by atoms with Gasteiger partial charge in [0.25, 0.3) is 0 Å². The molecule has 0 aliphatic heterocycles. The predicted octanol–water partition coefficient (Wildman–Crippen LogP) is 7.60. The van der Waals surface area contributed by atoms with Gasteiger partial charge in [-0.05, 0) is 124 Å². The molecule has 266 valence electrons. The van der Waals surface area contributed by atoms with Crippen molar-refractivity contribution in [3.63, 3.8) is 0 Å². The maximum atomic E-state index is 12.7. The van der Waals surface area contributed by atoms with Crippen molar-refractivity contribution in [1.82, 2.24) is 0 Å². The first-order valence-corrected chi connectivity index (χ1v) is 18.7. The van der Waals surface area contributed by atoms with Gasteiger partial charge in [0.1, 0.15) is 6.10 Å². The molecule has 4 aliphatic rings. The zero-order valence-electron chi connectivity index (χ0n) is 30.2. The molecule has 4 aliphatic carbocycles. The van der Waals surface area contributed by atoms with Crippen molar-refractivity contribution in [3.8, 4) is 0 Å². The molecule has 0 N–H and O–H groups in total. The molecule has 0 aromatic rings. The van der Waals surface area contributed by atoms with Gasteiger partial charge in [-0.25, -0.2) is 0 Å². The number of rotatable bonds is 18. The number of carbonyl (C=O) groups excluding carboxylic acids is 2. The number of methoxy groups -OCH3 is 1. The Bertz CT molecular complexity index is 957. The second kappa shape index (κ2) is 17.4. The summed E-state index contributed by atoms with van der Waals surface area (Å²) in [5.74, 6) is 4.05. The number of hydrogen-bond donors (Lipinski definition) is 0. The molecule has 0 spiro atoms. The van der Waals surface area contributed by atoms with Gasteiger partial charge in [0.05, 0.1) is 45.6 Å². The Morgan fingerprint density at radius 1 is 0.804 bits per heavy atom. The highest BCUT2D eigenvalue weighted by atomic mass is 16.7. The van der Waals surface area contributed by atoms with E-state index >= 15 is 0 Å². The first-order valence-electron chi connectivity index (χ1n) is 18.7. The van der Waals surface area contributed by atoms with Crippen molar-refractivity contribution in [2.24, 2.45) is 52.3 Å². The third kappa shape index (κ3) is 9.06. The molecule has 4 rings (SSSR count). The normalized spacial score (nSPS) is 35.7. The van der Waals surface area contributed by atoms with E-state index in [0.717, 1.165) is 43.4 Å². The lowest BCUT2D eigenvalue weighted by Crippen LogP contribution is -2.54. The van der Waals surface area contributed by atoms with E-state index in [1.807, 2.05) is 6.92 Å². The molecule has 4 saturated carbocycles. The quantitative estimate of drug-likeness (QED) is 0.0851. The van der Waals surface area contributed by atoms with Crippen LogP contribution in [0, 0.1) is 52.3 Å². The van der Waals surface area contributed by atoms with Crippen molar-refractivity contribution in [1.29, 1.82) is 0 Å². The third-order valence-corrected chi connectivity index (χ3v) is 13.2. The second-order valence-corrected chi connectivity index (χ2v) is 15.7. The molecule has 8 nitrogen and oxygen atoms in total. The first-order chi connectivity index (χ1) is 22.0. The Balaban J connectivity index is 1.19. The maximum absolute atomic E-state index is 12.7. The lowest BCUT2D eigenvalue weighted by molar-refractivity contribution is -0.177. The predicted molar refractivity (Wildman–Crippen MR) is 178 cm³/mol. The molecule has 46 heavy (non-hydrogen) atoms. The fourth-order valence-electron chi connectivity index (χ4n) is 10.3. The van der Waals surface area contributed by atoms with E-state index in [0.29, 0.717) is 74.6 Å². The van der Waals surface area contributed by atoms with Crippen LogP contribution >= 0.6 is 0 Å². The summed E-state index contributed by atoms with van der Waals surface area (Å²) >= 11 is 0. The Morgan fingerprint density at radius 2 is 1.48 bits per heavy atom. The van der Waals surface area contributed by atoms with E-state index < -0.39 is 6.29 Å². The minimum atomic E-state index is -0.577. The van der Waals surface area contributed by atoms with E-state index in [4.69, 9.17) is 28.4 Å². The topological polar surface area (TPSA) is 89.5 Å². The van der Waals surface area contributed by atoms with Crippen molar-refractivity contribution < 1.29 is 38.0 Å². The van der Waals surface area contributed by atoms with Crippen molar-refractivity contribution >= 4 is 11.9 Å². The SMILES string of the molecule is CCC(C)C(=O)OC1CCC2(C)C(CCC3C2CCC2(C)C(C(C)CCC(=O)OC(C)OCCOCCOCCOC)CCC32)C1. The summed E-state index contributed by atoms with van der Waals surface area (Å²) < 4.78 is 33.0. The van der Waals surface area contributed by atoms with Gasteiger partial charge in [0, 0.05) is 13.5 Å². The maximum Gasteiger partial charge on any atom is 0.308 e. The van der Waals surface area contributed by atoms with Crippen LogP contribution in [0.4, 0.5) is 0 Å². The van der Waals surface area contributed by atoms with Crippen molar-refractivity contribution in [3.05, 3.63) is 0 Å². The van der Waals surface area contributed by atoms with Crippen molar-refractivity contribution in [2.45, 2.75) is 131 Å². The third-order valence-electron chi connectivity index (χ3n) is 13.2. The van der Waals surface area contributed by atoms with E-state index in [1.165, 1.54) is 44.9 Å². The van der Waals surface area contributed by atoms with Crippen LogP contribution < -0.4 is 0 Å². The largest absolute Gasteiger partial charge is 0.462 e. The summed E-state index contributed by atoms with van der Waals surface area (Å²) in [6.45, 7) is 16.3. The Kier molecular flexibility index (Phi) is 14.3. The van der Waals surface area contributed by atoms with Crippen LogP contribution in [0.5, 0.6) is 0 Å². The second-order valence-electron chi connectivity index (χ2n) is 15.7. The van der Waals surface area contributed by atoms with Gasteiger partial charge in [0.15, 0.2) is 6.29 Å². The molecule has 11 atom stereocenters. The molecule has 0 aromatic carbocycles. The summed E-state index contributed by atoms with van der Waals surface area (Å²) in [5.41, 5.74) is 0.738. The van der Waals surface area contributed by atoms with Crippen LogP contribution in [0.3, 0.4) is 0 Å². The van der Waals surface area contributed by atoms with E-state index in [1.54, 1.807) is 14.0 Å². The highest BCUT2D eigenvalue weighted by Gasteiger charge is 2.60. The van der Waals surface area contributed by atoms with Crippen LogP contribution in [-0.2, 0) is 38.0 Å². The summed E-state index contributed by atoms with van der Waals surface area (Å²) in [4.78, 5) is 25.2. The number of hydrogen-bond acceptors (Lipinski definition) is 8. The van der Waals surface area contributed by atoms with Crippen LogP contribution in [0.2, 0.25) is 0 Å². The summed E-state index contributed by atoms with van der Waals surface area (Å²) in [5, 5.41) is 0. The summed E-state index contributed by atoms with van der Waals surface area (Å²) in [6.07, 6.45) is 12.8. The van der Waals surface area contributed by atoms with Gasteiger partial charge in [0.2, 0.25) is 0 Å². The molecule has 0 aromatic heterocycles. The number of carbonyl (C=O) groups is 2. The van der Waals surface area contributed by atoms with E-state index in [9.17, 15) is 9.59 Å². The van der Waals surface area contributed by atoms with E-state index in [-0.39, 0.29) is 24.0 Å². The molecule has 0 heterocycles. The highest BCUT2D eigenvalue weighted by Crippen LogP contribution is 2.68. The zero-order valence-corrected chi connectivity index (χ0v) is 30.2. The van der Waals surface area contributed by atoms with Gasteiger partial charge in [-0.3, -0.25) is 9.59 Å². The summed E-state index contributed by atoms with van der Waals surface area (Å²) in [6, 6.07) is 0. The van der Waals surface area contributed by atoms with Crippen LogP contribution in [-0.4, -0.2) is 71.1 Å². The van der Waals surface area contributed by atoms with Gasteiger partial charge < -0.3 is 28.4 Å². The highest BCUT2D eigenvalue weighted by molar-refractivity contribution is 5.72. The van der Waals surface area contributed by atoms with Gasteiger partial charge in [-0.1, -0.05) is 34.6 Å². The summed E-state index contributed by atoms with van der Waals surface area (Å²) in [7, 11) is 1.65. The van der Waals surface area contributed by atoms with E-state index in [2.05, 4.69) is 27.7 Å². The Morgan fingerprint density at radius 3 is 2.20 bits per heavy atom. The molecular formula is C38H66O8. The smallest absolute Gasteiger partial charge is 0.308 e. The standard InChI is InChI=1S/C38H66O8/c1-8-26(2)36(40)46-30-15-17-37(5)29(25-30)10-11-31-33-13-12-32(38(33,6)18-16-34(31)37)27(3)9-14-35(39)45-28(4)44-24-23-43-22-21-42-20-19-41-7/h26-34H,8-25H2,1-7H3. The van der Waals surface area contributed by atoms with Gasteiger partial charge in [-0.15, -0.1) is 0 Å². The molecule has 11 unspecified atom stereocenters. The minimum Gasteiger partial charge on any atom is -0.462 e. The average molecular weight is 651 g/mol. The monoisotopic (exact) mass is 650 g/mol. The number of fused-ring (bicyclic) bond motifs is 5. The molecule has 0 bridgehead atoms. The minimum absolute atomic E-state index is 0.000284. The fraction of sp³-hybridized carbons (Fsp3) is 0.947. The van der Waals surface area contributed by atoms with Crippen LogP contribution in [0.1, 0.15) is 119 Å². The van der Waals surface area contributed by atoms with Gasteiger partial charge >= 0.3 is 11.9 Å². The lowest BCUT2D eigenvalue weighted by atomic mass is 9.44. The molecule has 0 saturated heterocycles. The fourth-order valence-corrected chi connectivity index (χ4v) is 10.3. The van der Waals surface area contributed by atoms with Crippen LogP contribution in [0.15, 0.2) is 0 Å². The molecule has 0 radical (unpaired) electrons. The Labute approximate surface area is 279 Å². The average Bonchev–Trinajstić information content (AvgIpc) is 3.39. The van der Waals surface area contributed by atoms with Gasteiger partial charge in [-0.2, -0.15) is 0 Å². The van der Waals surface area contributed by atoms with Crippen molar-refractivity contribution in [2.75, 3.05) is 46.8 Å². The lowest BCUT2D eigenvalue weighted by Gasteiger charge is -2.61. The number of esters is 2. The number of ether oxygens (including phenoxy) is 6. The molecule has 4 fully saturated rings. The molecule has 0 amide bonds. The molecule has 8 heteroatoms. The Hall–Kier alpha value is -1.22.